The highest BCUT2D eigenvalue weighted by Crippen LogP contribution is 2.34. The largest absolute Gasteiger partial charge is 0.494 e. The van der Waals surface area contributed by atoms with Gasteiger partial charge in [-0.05, 0) is 66.6 Å². The van der Waals surface area contributed by atoms with Crippen LogP contribution in [0.4, 0.5) is 20.2 Å². The molecular formula is C25H20F2N2O3. The molecule has 4 rings (SSSR count). The zero-order valence-corrected chi connectivity index (χ0v) is 17.3. The quantitative estimate of drug-likeness (QED) is 0.523. The predicted octanol–water partition coefficient (Wildman–Crippen LogP) is 5.15. The Kier molecular flexibility index (Phi) is 5.98. The van der Waals surface area contributed by atoms with Gasteiger partial charge < -0.3 is 10.1 Å². The molecule has 162 valence electrons. The van der Waals surface area contributed by atoms with Crippen LogP contribution in [-0.2, 0) is 9.59 Å². The third kappa shape index (κ3) is 4.23. The molecule has 0 aliphatic carbocycles. The average Bonchev–Trinajstić information content (AvgIpc) is 3.03. The van der Waals surface area contributed by atoms with Gasteiger partial charge in [0.25, 0.3) is 11.8 Å². The van der Waals surface area contributed by atoms with Crippen molar-refractivity contribution >= 4 is 28.8 Å². The number of anilines is 2. The molecule has 3 aromatic rings. The molecular weight excluding hydrogens is 414 g/mol. The molecule has 0 radical (unpaired) electrons. The van der Waals surface area contributed by atoms with Crippen LogP contribution in [0, 0.1) is 11.6 Å². The summed E-state index contributed by atoms with van der Waals surface area (Å²) in [7, 11) is 0. The molecule has 2 amide bonds. The van der Waals surface area contributed by atoms with Gasteiger partial charge in [-0.1, -0.05) is 25.1 Å². The van der Waals surface area contributed by atoms with Crippen molar-refractivity contribution in [1.82, 2.24) is 0 Å². The summed E-state index contributed by atoms with van der Waals surface area (Å²) in [5.41, 5.74) is 1.20. The standard InChI is InChI=1S/C25H20F2N2O3/c1-2-14-32-21-12-6-16(7-13-21)22-23(28-19-10-8-17(26)9-11-19)25(31)29(24(22)30)20-5-3-4-18(27)15-20/h3-13,15,28H,2,14H2,1H3. The van der Waals surface area contributed by atoms with Gasteiger partial charge in [0.05, 0.1) is 17.9 Å². The molecule has 0 aromatic heterocycles. The Morgan fingerprint density at radius 2 is 1.59 bits per heavy atom. The fourth-order valence-electron chi connectivity index (χ4n) is 3.38. The van der Waals surface area contributed by atoms with E-state index in [1.807, 2.05) is 6.92 Å². The highest BCUT2D eigenvalue weighted by Gasteiger charge is 2.40. The first-order valence-corrected chi connectivity index (χ1v) is 10.1. The highest BCUT2D eigenvalue weighted by molar-refractivity contribution is 6.46. The van der Waals surface area contributed by atoms with Crippen LogP contribution < -0.4 is 15.0 Å². The zero-order valence-electron chi connectivity index (χ0n) is 17.3. The van der Waals surface area contributed by atoms with E-state index in [4.69, 9.17) is 4.74 Å². The second kappa shape index (κ2) is 9.01. The van der Waals surface area contributed by atoms with Crippen molar-refractivity contribution in [3.8, 4) is 5.75 Å². The number of nitrogens with zero attached hydrogens (tertiary/aromatic N) is 1. The van der Waals surface area contributed by atoms with Gasteiger partial charge in [0, 0.05) is 5.69 Å². The van der Waals surface area contributed by atoms with Gasteiger partial charge >= 0.3 is 0 Å². The Labute approximate surface area is 183 Å². The molecule has 1 aliphatic rings. The van der Waals surface area contributed by atoms with Gasteiger partial charge in [0.2, 0.25) is 0 Å². The number of hydrogen-bond donors (Lipinski definition) is 1. The number of ether oxygens (including phenoxy) is 1. The molecule has 0 unspecified atom stereocenters. The third-order valence-corrected chi connectivity index (χ3v) is 4.88. The van der Waals surface area contributed by atoms with Crippen LogP contribution in [0.1, 0.15) is 18.9 Å². The van der Waals surface area contributed by atoms with Gasteiger partial charge in [0.15, 0.2) is 0 Å². The maximum absolute atomic E-state index is 13.8. The molecule has 0 fully saturated rings. The number of amides is 2. The highest BCUT2D eigenvalue weighted by atomic mass is 19.1. The van der Waals surface area contributed by atoms with E-state index in [1.54, 1.807) is 24.3 Å². The number of imide groups is 1. The summed E-state index contributed by atoms with van der Waals surface area (Å²) < 4.78 is 32.7. The Hall–Kier alpha value is -4.00. The van der Waals surface area contributed by atoms with Crippen LogP contribution in [-0.4, -0.2) is 18.4 Å². The number of nitrogens with one attached hydrogen (secondary N) is 1. The fourth-order valence-corrected chi connectivity index (χ4v) is 3.38. The number of rotatable bonds is 7. The van der Waals surface area contributed by atoms with Crippen molar-refractivity contribution in [3.63, 3.8) is 0 Å². The minimum atomic E-state index is -0.633. The monoisotopic (exact) mass is 434 g/mol. The van der Waals surface area contributed by atoms with E-state index in [0.29, 0.717) is 23.6 Å². The van der Waals surface area contributed by atoms with Gasteiger partial charge in [-0.25, -0.2) is 13.7 Å². The van der Waals surface area contributed by atoms with Crippen LogP contribution in [0.2, 0.25) is 0 Å². The lowest BCUT2D eigenvalue weighted by atomic mass is 10.0. The molecule has 1 aliphatic heterocycles. The first-order valence-electron chi connectivity index (χ1n) is 10.1. The topological polar surface area (TPSA) is 58.6 Å². The smallest absolute Gasteiger partial charge is 0.282 e. The fraction of sp³-hybridized carbons (Fsp3) is 0.120. The van der Waals surface area contributed by atoms with E-state index >= 15 is 0 Å². The van der Waals surface area contributed by atoms with Crippen molar-refractivity contribution in [1.29, 1.82) is 0 Å². The summed E-state index contributed by atoms with van der Waals surface area (Å²) in [5, 5.41) is 2.94. The summed E-state index contributed by atoms with van der Waals surface area (Å²) in [6, 6.07) is 17.5. The zero-order chi connectivity index (χ0) is 22.7. The van der Waals surface area contributed by atoms with Crippen LogP contribution >= 0.6 is 0 Å². The van der Waals surface area contributed by atoms with Crippen LogP contribution in [0.5, 0.6) is 5.75 Å². The van der Waals surface area contributed by atoms with Gasteiger partial charge in [-0.3, -0.25) is 9.59 Å². The minimum Gasteiger partial charge on any atom is -0.494 e. The Bertz CT molecular complexity index is 1190. The summed E-state index contributed by atoms with van der Waals surface area (Å²) >= 11 is 0. The van der Waals surface area contributed by atoms with Crippen molar-refractivity contribution in [2.45, 2.75) is 13.3 Å². The van der Waals surface area contributed by atoms with Gasteiger partial charge in [0.1, 0.15) is 23.1 Å². The van der Waals surface area contributed by atoms with Crippen LogP contribution in [0.25, 0.3) is 5.57 Å². The molecule has 5 nitrogen and oxygen atoms in total. The number of halogens is 2. The molecule has 3 aromatic carbocycles. The van der Waals surface area contributed by atoms with E-state index in [9.17, 15) is 18.4 Å². The maximum Gasteiger partial charge on any atom is 0.282 e. The Balaban J connectivity index is 1.76. The SMILES string of the molecule is CCCOc1ccc(C2=C(Nc3ccc(F)cc3)C(=O)N(c3cccc(F)c3)C2=O)cc1. The number of hydrogen-bond acceptors (Lipinski definition) is 4. The van der Waals surface area contributed by atoms with E-state index in [-0.39, 0.29) is 17.0 Å². The lowest BCUT2D eigenvalue weighted by Gasteiger charge is -2.15. The maximum atomic E-state index is 13.8. The molecule has 0 saturated carbocycles. The van der Waals surface area contributed by atoms with Gasteiger partial charge in [-0.15, -0.1) is 0 Å². The second-order valence-corrected chi connectivity index (χ2v) is 7.18. The predicted molar refractivity (Wildman–Crippen MR) is 118 cm³/mol. The normalized spacial score (nSPS) is 13.7. The van der Waals surface area contributed by atoms with Crippen molar-refractivity contribution < 1.29 is 23.1 Å². The van der Waals surface area contributed by atoms with E-state index in [2.05, 4.69) is 5.32 Å². The number of carbonyl (C=O) groups excluding carboxylic acids is 2. The Morgan fingerprint density at radius 1 is 0.875 bits per heavy atom. The summed E-state index contributed by atoms with van der Waals surface area (Å²) in [4.78, 5) is 27.5. The lowest BCUT2D eigenvalue weighted by Crippen LogP contribution is -2.32. The second-order valence-electron chi connectivity index (χ2n) is 7.18. The first-order chi connectivity index (χ1) is 15.5. The Morgan fingerprint density at radius 3 is 2.25 bits per heavy atom. The van der Waals surface area contributed by atoms with Crippen LogP contribution in [0.3, 0.4) is 0 Å². The molecule has 0 atom stereocenters. The van der Waals surface area contributed by atoms with Crippen molar-refractivity contribution in [2.24, 2.45) is 0 Å². The minimum absolute atomic E-state index is 0.0214. The summed E-state index contributed by atoms with van der Waals surface area (Å²) in [5.74, 6) is -1.58. The molecule has 1 heterocycles. The van der Waals surface area contributed by atoms with Gasteiger partial charge in [-0.2, -0.15) is 0 Å². The molecule has 0 bridgehead atoms. The van der Waals surface area contributed by atoms with Crippen LogP contribution in [0.15, 0.2) is 78.5 Å². The molecule has 32 heavy (non-hydrogen) atoms. The molecule has 0 saturated heterocycles. The third-order valence-electron chi connectivity index (χ3n) is 4.88. The molecule has 0 spiro atoms. The lowest BCUT2D eigenvalue weighted by molar-refractivity contribution is -0.120. The number of benzene rings is 3. The van der Waals surface area contributed by atoms with Crippen molar-refractivity contribution in [3.05, 3.63) is 95.7 Å². The van der Waals surface area contributed by atoms with E-state index in [0.717, 1.165) is 17.4 Å². The summed E-state index contributed by atoms with van der Waals surface area (Å²) in [6.45, 7) is 2.56. The first kappa shape index (κ1) is 21.2. The van der Waals surface area contributed by atoms with Crippen molar-refractivity contribution in [2.75, 3.05) is 16.8 Å². The summed E-state index contributed by atoms with van der Waals surface area (Å²) in [6.07, 6.45) is 0.855. The number of carbonyl (C=O) groups is 2. The molecule has 1 N–H and O–H groups in total. The van der Waals surface area contributed by atoms with E-state index < -0.39 is 23.4 Å². The molecule has 7 heteroatoms. The van der Waals surface area contributed by atoms with E-state index in [1.165, 1.54) is 42.5 Å². The average molecular weight is 434 g/mol.